The monoisotopic (exact) mass is 361 g/mol. The molecular formula is C22H19NO2S. The molecule has 2 aromatic heterocycles. The minimum absolute atomic E-state index is 0.0535. The first-order valence-corrected chi connectivity index (χ1v) is 9.29. The largest absolute Gasteiger partial charge is 0.497 e. The summed E-state index contributed by atoms with van der Waals surface area (Å²) >= 11 is 1.56. The maximum atomic E-state index is 12.8. The summed E-state index contributed by atoms with van der Waals surface area (Å²) in [5.41, 5.74) is 3.14. The maximum absolute atomic E-state index is 12.8. The molecule has 0 aliphatic heterocycles. The normalized spacial score (nSPS) is 11.0. The number of ether oxygens (including phenoxy) is 1. The van der Waals surface area contributed by atoms with Crippen molar-refractivity contribution in [1.82, 2.24) is 4.57 Å². The van der Waals surface area contributed by atoms with E-state index in [1.807, 2.05) is 36.4 Å². The van der Waals surface area contributed by atoms with Crippen LogP contribution in [0.1, 0.15) is 26.5 Å². The molecule has 2 heterocycles. The van der Waals surface area contributed by atoms with E-state index >= 15 is 0 Å². The van der Waals surface area contributed by atoms with Crippen LogP contribution in [-0.2, 0) is 6.54 Å². The first-order valence-electron chi connectivity index (χ1n) is 8.48. The molecule has 0 N–H and O–H groups in total. The van der Waals surface area contributed by atoms with E-state index in [4.69, 9.17) is 4.74 Å². The number of rotatable bonds is 5. The lowest BCUT2D eigenvalue weighted by atomic mass is 10.1. The van der Waals surface area contributed by atoms with Gasteiger partial charge in [-0.25, -0.2) is 0 Å². The summed E-state index contributed by atoms with van der Waals surface area (Å²) < 4.78 is 7.44. The zero-order valence-corrected chi connectivity index (χ0v) is 15.5. The fourth-order valence-corrected chi connectivity index (χ4v) is 4.29. The maximum Gasteiger partial charge on any atom is 0.203 e. The molecule has 4 heteroatoms. The smallest absolute Gasteiger partial charge is 0.203 e. The molecule has 0 fully saturated rings. The van der Waals surface area contributed by atoms with Crippen molar-refractivity contribution in [2.45, 2.75) is 13.5 Å². The van der Waals surface area contributed by atoms with E-state index in [0.29, 0.717) is 5.56 Å². The van der Waals surface area contributed by atoms with Crippen LogP contribution < -0.4 is 4.74 Å². The number of hydrogen-bond acceptors (Lipinski definition) is 3. The van der Waals surface area contributed by atoms with Crippen molar-refractivity contribution in [3.05, 3.63) is 88.4 Å². The molecule has 0 aliphatic carbocycles. The molecule has 0 radical (unpaired) electrons. The molecule has 0 spiro atoms. The molecule has 2 aromatic carbocycles. The number of ketones is 1. The number of benzene rings is 2. The van der Waals surface area contributed by atoms with Crippen LogP contribution in [0.15, 0.2) is 66.7 Å². The van der Waals surface area contributed by atoms with Crippen LogP contribution >= 0.6 is 11.3 Å². The van der Waals surface area contributed by atoms with E-state index in [1.165, 1.54) is 11.3 Å². The van der Waals surface area contributed by atoms with Crippen LogP contribution in [0.2, 0.25) is 0 Å². The number of carbonyl (C=O) groups excluding carboxylic acids is 1. The van der Waals surface area contributed by atoms with E-state index in [-0.39, 0.29) is 5.78 Å². The fraction of sp³-hybridized carbons (Fsp3) is 0.136. The highest BCUT2D eigenvalue weighted by atomic mass is 32.1. The zero-order chi connectivity index (χ0) is 18.1. The van der Waals surface area contributed by atoms with Crippen molar-refractivity contribution in [2.75, 3.05) is 7.11 Å². The van der Waals surface area contributed by atoms with Gasteiger partial charge in [0.1, 0.15) is 10.6 Å². The van der Waals surface area contributed by atoms with Crippen molar-refractivity contribution in [3.63, 3.8) is 0 Å². The van der Waals surface area contributed by atoms with E-state index in [9.17, 15) is 4.79 Å². The second-order valence-electron chi connectivity index (χ2n) is 6.29. The lowest BCUT2D eigenvalue weighted by Gasteiger charge is -2.07. The fourth-order valence-electron chi connectivity index (χ4n) is 3.13. The molecular weight excluding hydrogens is 342 g/mol. The molecule has 0 amide bonds. The first kappa shape index (κ1) is 16.6. The van der Waals surface area contributed by atoms with Gasteiger partial charge in [0.2, 0.25) is 5.78 Å². The predicted octanol–water partition coefficient (Wildman–Crippen LogP) is 5.30. The number of aryl methyl sites for hydroxylation is 1. The van der Waals surface area contributed by atoms with Crippen molar-refractivity contribution < 1.29 is 9.53 Å². The number of hydrogen-bond donors (Lipinski definition) is 0. The Bertz CT molecular complexity index is 1060. The van der Waals surface area contributed by atoms with E-state index in [2.05, 4.69) is 41.8 Å². The average Bonchev–Trinajstić information content (AvgIpc) is 3.21. The summed E-state index contributed by atoms with van der Waals surface area (Å²) in [4.78, 5) is 14.7. The Morgan fingerprint density at radius 3 is 2.46 bits per heavy atom. The predicted molar refractivity (Wildman–Crippen MR) is 107 cm³/mol. The lowest BCUT2D eigenvalue weighted by molar-refractivity contribution is 0.104. The number of fused-ring (bicyclic) bond motifs is 1. The molecule has 0 saturated carbocycles. The number of aromatic nitrogens is 1. The number of methoxy groups -OCH3 is 1. The van der Waals surface area contributed by atoms with Gasteiger partial charge in [0.05, 0.1) is 12.0 Å². The Morgan fingerprint density at radius 2 is 1.77 bits per heavy atom. The molecule has 26 heavy (non-hydrogen) atoms. The topological polar surface area (TPSA) is 31.2 Å². The summed E-state index contributed by atoms with van der Waals surface area (Å²) in [5.74, 6) is 0.806. The second-order valence-corrected chi connectivity index (χ2v) is 7.32. The lowest BCUT2D eigenvalue weighted by Crippen LogP contribution is -2.01. The second kappa shape index (κ2) is 6.81. The van der Waals surface area contributed by atoms with Gasteiger partial charge in [-0.15, -0.1) is 11.3 Å². The third kappa shape index (κ3) is 3.04. The molecule has 0 unspecified atom stereocenters. The molecule has 4 aromatic rings. The van der Waals surface area contributed by atoms with E-state index in [1.54, 1.807) is 18.4 Å². The summed E-state index contributed by atoms with van der Waals surface area (Å²) in [6.07, 6.45) is 0. The van der Waals surface area contributed by atoms with Crippen molar-refractivity contribution in [2.24, 2.45) is 0 Å². The van der Waals surface area contributed by atoms with Crippen LogP contribution in [0.3, 0.4) is 0 Å². The number of carbonyl (C=O) groups is 1. The summed E-state index contributed by atoms with van der Waals surface area (Å²) in [6, 6.07) is 21.8. The molecule has 0 saturated heterocycles. The SMILES string of the molecule is COc1ccc(C(=O)c2cc3cc(C)n(Cc4ccccc4)c3s2)cc1. The summed E-state index contributed by atoms with van der Waals surface area (Å²) in [6.45, 7) is 2.92. The quantitative estimate of drug-likeness (QED) is 0.452. The van der Waals surface area contributed by atoms with Gasteiger partial charge in [0.25, 0.3) is 0 Å². The Balaban J connectivity index is 1.68. The van der Waals surface area contributed by atoms with Gasteiger partial charge in [0, 0.05) is 23.2 Å². The van der Waals surface area contributed by atoms with Crippen molar-refractivity contribution >= 4 is 27.3 Å². The van der Waals surface area contributed by atoms with Crippen LogP contribution in [0.25, 0.3) is 10.2 Å². The Kier molecular flexibility index (Phi) is 4.35. The minimum atomic E-state index is 0.0535. The van der Waals surface area contributed by atoms with Gasteiger partial charge in [0.15, 0.2) is 0 Å². The van der Waals surface area contributed by atoms with E-state index < -0.39 is 0 Å². The molecule has 0 atom stereocenters. The summed E-state index contributed by atoms with van der Waals surface area (Å²) in [5, 5.41) is 1.13. The molecule has 0 aliphatic rings. The third-order valence-corrected chi connectivity index (χ3v) is 5.71. The molecule has 0 bridgehead atoms. The van der Waals surface area contributed by atoms with Crippen LogP contribution in [-0.4, -0.2) is 17.5 Å². The third-order valence-electron chi connectivity index (χ3n) is 4.53. The van der Waals surface area contributed by atoms with Crippen LogP contribution in [0, 0.1) is 6.92 Å². The Labute approximate surface area is 156 Å². The van der Waals surface area contributed by atoms with Gasteiger partial charge >= 0.3 is 0 Å². The number of nitrogens with zero attached hydrogens (tertiary/aromatic N) is 1. The van der Waals surface area contributed by atoms with Gasteiger partial charge in [-0.2, -0.15) is 0 Å². The number of thiophene rings is 1. The minimum Gasteiger partial charge on any atom is -0.497 e. The van der Waals surface area contributed by atoms with E-state index in [0.717, 1.165) is 27.4 Å². The highest BCUT2D eigenvalue weighted by Gasteiger charge is 2.16. The Hall–Kier alpha value is -2.85. The first-order chi connectivity index (χ1) is 12.7. The molecule has 3 nitrogen and oxygen atoms in total. The van der Waals surface area contributed by atoms with Crippen LogP contribution in [0.4, 0.5) is 0 Å². The van der Waals surface area contributed by atoms with Crippen LogP contribution in [0.5, 0.6) is 5.75 Å². The highest BCUT2D eigenvalue weighted by Crippen LogP contribution is 2.31. The van der Waals surface area contributed by atoms with Gasteiger partial charge in [-0.05, 0) is 48.9 Å². The molecule has 130 valence electrons. The molecule has 4 rings (SSSR count). The van der Waals surface area contributed by atoms with Gasteiger partial charge in [-0.1, -0.05) is 30.3 Å². The Morgan fingerprint density at radius 1 is 1.04 bits per heavy atom. The van der Waals surface area contributed by atoms with Gasteiger partial charge < -0.3 is 9.30 Å². The summed E-state index contributed by atoms with van der Waals surface area (Å²) in [7, 11) is 1.62. The highest BCUT2D eigenvalue weighted by molar-refractivity contribution is 7.20. The van der Waals surface area contributed by atoms with Crippen molar-refractivity contribution in [3.8, 4) is 5.75 Å². The average molecular weight is 361 g/mol. The van der Waals surface area contributed by atoms with Gasteiger partial charge in [-0.3, -0.25) is 4.79 Å². The standard InChI is InChI=1S/C22H19NO2S/c1-15-12-18-13-20(21(24)17-8-10-19(25-2)11-9-17)26-22(18)23(15)14-16-6-4-3-5-7-16/h3-13H,14H2,1-2H3. The van der Waals surface area contributed by atoms with Crippen molar-refractivity contribution in [1.29, 1.82) is 0 Å². The zero-order valence-electron chi connectivity index (χ0n) is 14.7.